The predicted octanol–water partition coefficient (Wildman–Crippen LogP) is 3.10. The SMILES string of the molecule is CCCc1c[nH]c(C(=O)OCC)c1CCC. The summed E-state index contributed by atoms with van der Waals surface area (Å²) in [6, 6.07) is 0. The maximum Gasteiger partial charge on any atom is 0.355 e. The Kier molecular flexibility index (Phi) is 5.09. The van der Waals surface area contributed by atoms with Gasteiger partial charge in [0.1, 0.15) is 5.69 Å². The molecule has 1 aromatic heterocycles. The van der Waals surface area contributed by atoms with E-state index in [2.05, 4.69) is 18.8 Å². The van der Waals surface area contributed by atoms with Crippen LogP contribution in [0.1, 0.15) is 55.2 Å². The van der Waals surface area contributed by atoms with Crippen molar-refractivity contribution in [2.24, 2.45) is 0 Å². The van der Waals surface area contributed by atoms with Crippen LogP contribution in [0, 0.1) is 0 Å². The lowest BCUT2D eigenvalue weighted by Gasteiger charge is -2.05. The lowest BCUT2D eigenvalue weighted by atomic mass is 10.0. The molecule has 0 aromatic carbocycles. The minimum Gasteiger partial charge on any atom is -0.461 e. The quantitative estimate of drug-likeness (QED) is 0.753. The van der Waals surface area contributed by atoms with E-state index >= 15 is 0 Å². The second kappa shape index (κ2) is 6.36. The first-order valence-electron chi connectivity index (χ1n) is 6.10. The van der Waals surface area contributed by atoms with Crippen LogP contribution in [0.15, 0.2) is 6.20 Å². The van der Waals surface area contributed by atoms with Crippen LogP contribution in [0.5, 0.6) is 0 Å². The molecule has 0 aliphatic heterocycles. The van der Waals surface area contributed by atoms with Crippen LogP contribution in [0.25, 0.3) is 0 Å². The van der Waals surface area contributed by atoms with Gasteiger partial charge in [0.15, 0.2) is 0 Å². The summed E-state index contributed by atoms with van der Waals surface area (Å²) < 4.78 is 5.04. The van der Waals surface area contributed by atoms with E-state index in [-0.39, 0.29) is 5.97 Å². The molecule has 0 radical (unpaired) electrons. The summed E-state index contributed by atoms with van der Waals surface area (Å²) in [5.41, 5.74) is 3.04. The first kappa shape index (κ1) is 12.8. The molecule has 1 rings (SSSR count). The minimum atomic E-state index is -0.228. The fourth-order valence-corrected chi connectivity index (χ4v) is 1.91. The second-order valence-corrected chi connectivity index (χ2v) is 3.89. The van der Waals surface area contributed by atoms with E-state index in [0.29, 0.717) is 12.3 Å². The van der Waals surface area contributed by atoms with E-state index in [1.54, 1.807) is 0 Å². The summed E-state index contributed by atoms with van der Waals surface area (Å²) in [4.78, 5) is 14.8. The van der Waals surface area contributed by atoms with Crippen LogP contribution in [-0.4, -0.2) is 17.6 Å². The number of esters is 1. The smallest absolute Gasteiger partial charge is 0.355 e. The van der Waals surface area contributed by atoms with Gasteiger partial charge in [0.25, 0.3) is 0 Å². The van der Waals surface area contributed by atoms with Gasteiger partial charge in [-0.2, -0.15) is 0 Å². The van der Waals surface area contributed by atoms with Crippen molar-refractivity contribution in [2.75, 3.05) is 6.61 Å². The predicted molar refractivity (Wildman–Crippen MR) is 64.7 cm³/mol. The Labute approximate surface area is 97.2 Å². The van der Waals surface area contributed by atoms with Gasteiger partial charge in [0, 0.05) is 6.20 Å². The van der Waals surface area contributed by atoms with Crippen LogP contribution in [0.3, 0.4) is 0 Å². The van der Waals surface area contributed by atoms with Gasteiger partial charge < -0.3 is 9.72 Å². The Bertz CT molecular complexity index is 342. The van der Waals surface area contributed by atoms with E-state index in [4.69, 9.17) is 4.74 Å². The van der Waals surface area contributed by atoms with Gasteiger partial charge >= 0.3 is 5.97 Å². The molecular weight excluding hydrogens is 202 g/mol. The summed E-state index contributed by atoms with van der Waals surface area (Å²) in [5.74, 6) is -0.228. The molecule has 0 atom stereocenters. The zero-order valence-corrected chi connectivity index (χ0v) is 10.4. The zero-order chi connectivity index (χ0) is 12.0. The molecule has 0 amide bonds. The number of hydrogen-bond acceptors (Lipinski definition) is 2. The van der Waals surface area contributed by atoms with E-state index in [0.717, 1.165) is 31.2 Å². The molecule has 1 heterocycles. The Balaban J connectivity index is 2.94. The Hall–Kier alpha value is -1.25. The van der Waals surface area contributed by atoms with Crippen molar-refractivity contribution in [3.05, 3.63) is 23.0 Å². The van der Waals surface area contributed by atoms with Crippen LogP contribution < -0.4 is 0 Å². The van der Waals surface area contributed by atoms with E-state index < -0.39 is 0 Å². The maximum atomic E-state index is 11.7. The largest absolute Gasteiger partial charge is 0.461 e. The molecule has 16 heavy (non-hydrogen) atoms. The topological polar surface area (TPSA) is 42.1 Å². The highest BCUT2D eigenvalue weighted by Gasteiger charge is 2.17. The molecule has 0 fully saturated rings. The van der Waals surface area contributed by atoms with Crippen molar-refractivity contribution >= 4 is 5.97 Å². The Morgan fingerprint density at radius 1 is 1.25 bits per heavy atom. The van der Waals surface area contributed by atoms with E-state index in [1.165, 1.54) is 5.56 Å². The fourth-order valence-electron chi connectivity index (χ4n) is 1.91. The van der Waals surface area contributed by atoms with E-state index in [1.807, 2.05) is 13.1 Å². The van der Waals surface area contributed by atoms with Crippen LogP contribution in [0.2, 0.25) is 0 Å². The summed E-state index contributed by atoms with van der Waals surface area (Å²) in [7, 11) is 0. The van der Waals surface area contributed by atoms with Gasteiger partial charge in [0.2, 0.25) is 0 Å². The number of aromatic nitrogens is 1. The lowest BCUT2D eigenvalue weighted by molar-refractivity contribution is 0.0519. The van der Waals surface area contributed by atoms with Crippen molar-refractivity contribution < 1.29 is 9.53 Å². The molecule has 0 saturated heterocycles. The molecule has 90 valence electrons. The van der Waals surface area contributed by atoms with Crippen molar-refractivity contribution in [2.45, 2.75) is 46.5 Å². The third-order valence-electron chi connectivity index (χ3n) is 2.58. The van der Waals surface area contributed by atoms with Crippen molar-refractivity contribution in [1.29, 1.82) is 0 Å². The van der Waals surface area contributed by atoms with Crippen molar-refractivity contribution in [1.82, 2.24) is 4.98 Å². The maximum absolute atomic E-state index is 11.7. The highest BCUT2D eigenvalue weighted by atomic mass is 16.5. The summed E-state index contributed by atoms with van der Waals surface area (Å²) in [6.07, 6.45) is 6.04. The minimum absolute atomic E-state index is 0.228. The number of hydrogen-bond donors (Lipinski definition) is 1. The number of carbonyl (C=O) groups excluding carboxylic acids is 1. The molecular formula is C13H21NO2. The number of carbonyl (C=O) groups is 1. The highest BCUT2D eigenvalue weighted by molar-refractivity contribution is 5.89. The monoisotopic (exact) mass is 223 g/mol. The highest BCUT2D eigenvalue weighted by Crippen LogP contribution is 2.19. The molecule has 0 saturated carbocycles. The summed E-state index contributed by atoms with van der Waals surface area (Å²) >= 11 is 0. The first-order valence-corrected chi connectivity index (χ1v) is 6.10. The number of H-pyrrole nitrogens is 1. The fraction of sp³-hybridized carbons (Fsp3) is 0.615. The molecule has 0 bridgehead atoms. The third-order valence-corrected chi connectivity index (χ3v) is 2.58. The number of aryl methyl sites for hydroxylation is 1. The average molecular weight is 223 g/mol. The standard InChI is InChI=1S/C13H21NO2/c1-4-7-10-9-14-12(11(10)8-5-2)13(15)16-6-3/h9,14H,4-8H2,1-3H3. The van der Waals surface area contributed by atoms with Crippen LogP contribution in [-0.2, 0) is 17.6 Å². The number of aromatic amines is 1. The summed E-state index contributed by atoms with van der Waals surface area (Å²) in [5, 5.41) is 0. The average Bonchev–Trinajstić information content (AvgIpc) is 2.64. The Morgan fingerprint density at radius 3 is 2.50 bits per heavy atom. The molecule has 0 unspecified atom stereocenters. The van der Waals surface area contributed by atoms with Gasteiger partial charge in [0.05, 0.1) is 6.61 Å². The van der Waals surface area contributed by atoms with Gasteiger partial charge in [-0.3, -0.25) is 0 Å². The van der Waals surface area contributed by atoms with Gasteiger partial charge in [-0.1, -0.05) is 26.7 Å². The molecule has 1 N–H and O–H groups in total. The third kappa shape index (κ3) is 2.87. The molecule has 0 aliphatic rings. The van der Waals surface area contributed by atoms with Crippen LogP contribution >= 0.6 is 0 Å². The number of ether oxygens (including phenoxy) is 1. The van der Waals surface area contributed by atoms with Gasteiger partial charge in [-0.15, -0.1) is 0 Å². The molecule has 0 aliphatic carbocycles. The normalized spacial score (nSPS) is 10.4. The van der Waals surface area contributed by atoms with Gasteiger partial charge in [-0.05, 0) is 30.9 Å². The first-order chi connectivity index (χ1) is 7.74. The summed E-state index contributed by atoms with van der Waals surface area (Å²) in [6.45, 7) is 6.52. The lowest BCUT2D eigenvalue weighted by Crippen LogP contribution is -2.08. The Morgan fingerprint density at radius 2 is 1.94 bits per heavy atom. The molecule has 3 heteroatoms. The zero-order valence-electron chi connectivity index (χ0n) is 10.4. The molecule has 3 nitrogen and oxygen atoms in total. The van der Waals surface area contributed by atoms with Crippen molar-refractivity contribution in [3.8, 4) is 0 Å². The number of nitrogens with one attached hydrogen (secondary N) is 1. The van der Waals surface area contributed by atoms with Gasteiger partial charge in [-0.25, -0.2) is 4.79 Å². The second-order valence-electron chi connectivity index (χ2n) is 3.89. The van der Waals surface area contributed by atoms with Crippen molar-refractivity contribution in [3.63, 3.8) is 0 Å². The van der Waals surface area contributed by atoms with Crippen LogP contribution in [0.4, 0.5) is 0 Å². The number of rotatable bonds is 6. The molecule has 0 spiro atoms. The molecule has 1 aromatic rings. The van der Waals surface area contributed by atoms with E-state index in [9.17, 15) is 4.79 Å².